The Morgan fingerprint density at radius 2 is 1.65 bits per heavy atom. The lowest BCUT2D eigenvalue weighted by molar-refractivity contribution is -0.119. The first kappa shape index (κ1) is 22.4. The van der Waals surface area contributed by atoms with E-state index in [9.17, 15) is 14.0 Å². The molecular weight excluding hydrogens is 405 g/mol. The van der Waals surface area contributed by atoms with Gasteiger partial charge in [0.05, 0.1) is 25.5 Å². The molecule has 1 N–H and O–H groups in total. The van der Waals surface area contributed by atoms with Gasteiger partial charge in [0.15, 0.2) is 11.5 Å². The predicted octanol–water partition coefficient (Wildman–Crippen LogP) is 4.21. The molecule has 0 bridgehead atoms. The van der Waals surface area contributed by atoms with Gasteiger partial charge < -0.3 is 24.3 Å². The lowest BCUT2D eigenvalue weighted by Crippen LogP contribution is -2.22. The number of halogens is 1. The molecule has 0 saturated heterocycles. The molecule has 0 aliphatic heterocycles. The Bertz CT molecular complexity index is 909. The van der Waals surface area contributed by atoms with Crippen molar-refractivity contribution in [2.24, 2.45) is 5.92 Å². The first-order valence-corrected chi connectivity index (χ1v) is 10.1. The maximum absolute atomic E-state index is 12.9. The lowest BCUT2D eigenvalue weighted by atomic mass is 10.1. The van der Waals surface area contributed by atoms with E-state index in [2.05, 4.69) is 5.32 Å². The second-order valence-electron chi connectivity index (χ2n) is 7.16. The Kier molecular flexibility index (Phi) is 7.70. The normalized spacial score (nSPS) is 13.5. The van der Waals surface area contributed by atoms with Crippen molar-refractivity contribution in [1.82, 2.24) is 0 Å². The summed E-state index contributed by atoms with van der Waals surface area (Å²) in [6.07, 6.45) is 3.71. The van der Waals surface area contributed by atoms with E-state index in [0.717, 1.165) is 25.7 Å². The molecule has 2 aromatic carbocycles. The fraction of sp³-hybridized carbons (Fsp3) is 0.391. The van der Waals surface area contributed by atoms with Gasteiger partial charge in [0, 0.05) is 18.1 Å². The van der Waals surface area contributed by atoms with Crippen LogP contribution in [0.1, 0.15) is 36.0 Å². The molecule has 1 aliphatic carbocycles. The fourth-order valence-corrected chi connectivity index (χ4v) is 3.48. The zero-order valence-electron chi connectivity index (χ0n) is 17.6. The number of ether oxygens (including phenoxy) is 4. The van der Waals surface area contributed by atoms with E-state index in [0.29, 0.717) is 22.9 Å². The van der Waals surface area contributed by atoms with E-state index < -0.39 is 5.97 Å². The van der Waals surface area contributed by atoms with Crippen LogP contribution >= 0.6 is 0 Å². The molecule has 3 rings (SSSR count). The van der Waals surface area contributed by atoms with Crippen molar-refractivity contribution in [3.8, 4) is 17.2 Å². The van der Waals surface area contributed by atoms with Gasteiger partial charge >= 0.3 is 5.97 Å². The summed E-state index contributed by atoms with van der Waals surface area (Å²) in [5, 5.41) is 2.84. The number of benzene rings is 2. The van der Waals surface area contributed by atoms with E-state index >= 15 is 0 Å². The van der Waals surface area contributed by atoms with Gasteiger partial charge in [-0.25, -0.2) is 9.18 Å². The summed E-state index contributed by atoms with van der Waals surface area (Å²) in [5.41, 5.74) is 0.463. The lowest BCUT2D eigenvalue weighted by Gasteiger charge is -2.17. The number of carbonyl (C=O) groups is 2. The highest BCUT2D eigenvalue weighted by Crippen LogP contribution is 2.35. The number of nitrogens with one attached hydrogen (secondary N) is 1. The molecule has 31 heavy (non-hydrogen) atoms. The minimum Gasteiger partial charge on any atom is -0.493 e. The van der Waals surface area contributed by atoms with Crippen LogP contribution in [0.2, 0.25) is 0 Å². The topological polar surface area (TPSA) is 83.1 Å². The summed E-state index contributed by atoms with van der Waals surface area (Å²) >= 11 is 0. The average Bonchev–Trinajstić information content (AvgIpc) is 3.32. The number of anilines is 1. The van der Waals surface area contributed by atoms with Crippen LogP contribution in [-0.2, 0) is 9.53 Å². The highest BCUT2D eigenvalue weighted by Gasteiger charge is 2.25. The number of esters is 1. The Labute approximate surface area is 180 Å². The molecule has 0 spiro atoms. The molecule has 1 aliphatic rings. The summed E-state index contributed by atoms with van der Waals surface area (Å²) in [4.78, 5) is 25.3. The second kappa shape index (κ2) is 10.7. The van der Waals surface area contributed by atoms with Gasteiger partial charge in [0.1, 0.15) is 24.8 Å². The number of methoxy groups -OCH3 is 2. The molecule has 166 valence electrons. The first-order chi connectivity index (χ1) is 15.0. The Morgan fingerprint density at radius 1 is 1.00 bits per heavy atom. The monoisotopic (exact) mass is 431 g/mol. The van der Waals surface area contributed by atoms with E-state index in [1.54, 1.807) is 6.07 Å². The molecule has 7 nitrogen and oxygen atoms in total. The van der Waals surface area contributed by atoms with Crippen LogP contribution in [-0.4, -0.2) is 39.3 Å². The third-order valence-corrected chi connectivity index (χ3v) is 5.13. The maximum atomic E-state index is 12.9. The Morgan fingerprint density at radius 3 is 2.29 bits per heavy atom. The zero-order valence-corrected chi connectivity index (χ0v) is 17.6. The quantitative estimate of drug-likeness (QED) is 0.473. The minimum absolute atomic E-state index is 0.0272. The summed E-state index contributed by atoms with van der Waals surface area (Å²) < 4.78 is 34.3. The fourth-order valence-electron chi connectivity index (χ4n) is 3.48. The standard InChI is InChI=1S/C23H26FNO6/c1-28-20-13-18(23(27)31-12-11-30-17-9-7-16(24)8-10-17)19(14-21(20)29-2)25-22(26)15-5-3-4-6-15/h7-10,13-15H,3-6,11-12H2,1-2H3,(H,25,26). The first-order valence-electron chi connectivity index (χ1n) is 10.1. The molecule has 0 atom stereocenters. The number of hydrogen-bond donors (Lipinski definition) is 1. The van der Waals surface area contributed by atoms with Crippen molar-refractivity contribution in [1.29, 1.82) is 0 Å². The van der Waals surface area contributed by atoms with Crippen molar-refractivity contribution in [2.75, 3.05) is 32.8 Å². The summed E-state index contributed by atoms with van der Waals surface area (Å²) in [6, 6.07) is 8.57. The zero-order chi connectivity index (χ0) is 22.2. The maximum Gasteiger partial charge on any atom is 0.340 e. The molecule has 2 aromatic rings. The highest BCUT2D eigenvalue weighted by molar-refractivity contribution is 6.02. The smallest absolute Gasteiger partial charge is 0.340 e. The average molecular weight is 431 g/mol. The molecule has 0 heterocycles. The third-order valence-electron chi connectivity index (χ3n) is 5.13. The van der Waals surface area contributed by atoms with Crippen LogP contribution in [0.15, 0.2) is 36.4 Å². The molecule has 1 fully saturated rings. The van der Waals surface area contributed by atoms with E-state index in [1.165, 1.54) is 44.6 Å². The van der Waals surface area contributed by atoms with Crippen molar-refractivity contribution in [2.45, 2.75) is 25.7 Å². The van der Waals surface area contributed by atoms with Crippen LogP contribution in [0.4, 0.5) is 10.1 Å². The van der Waals surface area contributed by atoms with Crippen LogP contribution in [0, 0.1) is 11.7 Å². The predicted molar refractivity (Wildman–Crippen MR) is 112 cm³/mol. The molecule has 0 aromatic heterocycles. The van der Waals surface area contributed by atoms with Crippen LogP contribution in [0.25, 0.3) is 0 Å². The van der Waals surface area contributed by atoms with Gasteiger partial charge in [0.2, 0.25) is 5.91 Å². The third kappa shape index (κ3) is 5.87. The van der Waals surface area contributed by atoms with Gasteiger partial charge in [0.25, 0.3) is 0 Å². The van der Waals surface area contributed by atoms with E-state index in [1.807, 2.05) is 0 Å². The number of hydrogen-bond acceptors (Lipinski definition) is 6. The summed E-state index contributed by atoms with van der Waals surface area (Å²) in [5.74, 6) is 0.00801. The number of carbonyl (C=O) groups excluding carboxylic acids is 2. The van der Waals surface area contributed by atoms with Crippen molar-refractivity contribution in [3.05, 3.63) is 47.8 Å². The van der Waals surface area contributed by atoms with E-state index in [4.69, 9.17) is 18.9 Å². The van der Waals surface area contributed by atoms with Gasteiger partial charge in [-0.1, -0.05) is 12.8 Å². The van der Waals surface area contributed by atoms with Crippen LogP contribution in [0.5, 0.6) is 17.2 Å². The molecule has 1 saturated carbocycles. The van der Waals surface area contributed by atoms with Gasteiger partial charge in [-0.2, -0.15) is 0 Å². The van der Waals surface area contributed by atoms with Gasteiger partial charge in [-0.15, -0.1) is 0 Å². The van der Waals surface area contributed by atoms with Crippen molar-refractivity contribution < 1.29 is 32.9 Å². The number of rotatable bonds is 9. The number of amides is 1. The molecule has 0 unspecified atom stereocenters. The molecule has 1 amide bonds. The molecular formula is C23H26FNO6. The second-order valence-corrected chi connectivity index (χ2v) is 7.16. The molecule has 0 radical (unpaired) electrons. The Balaban J connectivity index is 1.68. The Hall–Kier alpha value is -3.29. The van der Waals surface area contributed by atoms with Crippen molar-refractivity contribution in [3.63, 3.8) is 0 Å². The van der Waals surface area contributed by atoms with Crippen molar-refractivity contribution >= 4 is 17.6 Å². The van der Waals surface area contributed by atoms with Crippen LogP contribution in [0.3, 0.4) is 0 Å². The van der Waals surface area contributed by atoms with E-state index in [-0.39, 0.29) is 36.4 Å². The highest BCUT2D eigenvalue weighted by atomic mass is 19.1. The van der Waals surface area contributed by atoms with Crippen LogP contribution < -0.4 is 19.5 Å². The van der Waals surface area contributed by atoms with Gasteiger partial charge in [-0.05, 0) is 37.1 Å². The molecule has 8 heteroatoms. The largest absolute Gasteiger partial charge is 0.493 e. The SMILES string of the molecule is COc1cc(NC(=O)C2CCCC2)c(C(=O)OCCOc2ccc(F)cc2)cc1OC. The summed E-state index contributed by atoms with van der Waals surface area (Å²) in [6.45, 7) is 0.0645. The minimum atomic E-state index is -0.634. The summed E-state index contributed by atoms with van der Waals surface area (Å²) in [7, 11) is 2.94. The van der Waals surface area contributed by atoms with Gasteiger partial charge in [-0.3, -0.25) is 4.79 Å².